The number of hydrogen-bond acceptors (Lipinski definition) is 3. The average Bonchev–Trinajstić information content (AvgIpc) is 1.85. The van der Waals surface area contributed by atoms with E-state index in [9.17, 15) is 5.21 Å². The smallest absolute Gasteiger partial charge is 0.201 e. The quantitative estimate of drug-likeness (QED) is 0.514. The van der Waals surface area contributed by atoms with E-state index in [1.165, 1.54) is 12.1 Å². The summed E-state index contributed by atoms with van der Waals surface area (Å²) in [5.74, 6) is 0. The molecule has 0 aliphatic rings. The molecule has 4 nitrogen and oxygen atoms in total. The fourth-order valence-corrected chi connectivity index (χ4v) is 0.997. The third kappa shape index (κ3) is 2.02. The van der Waals surface area contributed by atoms with Gasteiger partial charge in [0, 0.05) is 6.07 Å². The molecule has 2 N–H and O–H groups in total. The van der Waals surface area contributed by atoms with Crippen LogP contribution < -0.4 is 5.23 Å². The second kappa shape index (κ2) is 3.34. The van der Waals surface area contributed by atoms with Gasteiger partial charge in [-0.1, -0.05) is 23.2 Å². The van der Waals surface area contributed by atoms with Crippen LogP contribution in [0.1, 0.15) is 0 Å². The van der Waals surface area contributed by atoms with E-state index < -0.39 is 5.23 Å². The van der Waals surface area contributed by atoms with Gasteiger partial charge >= 0.3 is 0 Å². The molecule has 11 heavy (non-hydrogen) atoms. The van der Waals surface area contributed by atoms with Gasteiger partial charge in [0.25, 0.3) is 0 Å². The van der Waals surface area contributed by atoms with Crippen molar-refractivity contribution in [3.8, 4) is 0 Å². The molecule has 1 unspecified atom stereocenters. The Bertz CT molecular complexity index is 267. The van der Waals surface area contributed by atoms with Crippen molar-refractivity contribution < 1.29 is 10.4 Å². The predicted molar refractivity (Wildman–Crippen MR) is 40.0 cm³/mol. The van der Waals surface area contributed by atoms with Crippen LogP contribution in [0.25, 0.3) is 0 Å². The first kappa shape index (κ1) is 8.70. The van der Waals surface area contributed by atoms with E-state index in [2.05, 4.69) is 4.98 Å². The summed E-state index contributed by atoms with van der Waals surface area (Å²) in [4.78, 5) is 3.54. The van der Waals surface area contributed by atoms with Gasteiger partial charge in [-0.05, 0) is 6.07 Å². The topological polar surface area (TPSA) is 60.6 Å². The van der Waals surface area contributed by atoms with Crippen molar-refractivity contribution in [2.45, 2.75) is 0 Å². The summed E-state index contributed by atoms with van der Waals surface area (Å²) < 4.78 is 0. The first-order chi connectivity index (χ1) is 5.11. The Morgan fingerprint density at radius 2 is 2.09 bits per heavy atom. The first-order valence-electron chi connectivity index (χ1n) is 2.66. The molecular weight excluding hydrogens is 191 g/mol. The van der Waals surface area contributed by atoms with Crippen LogP contribution in [-0.2, 0) is 0 Å². The summed E-state index contributed by atoms with van der Waals surface area (Å²) >= 11 is 10.9. The van der Waals surface area contributed by atoms with Crippen LogP contribution in [0.4, 0.5) is 5.69 Å². The lowest BCUT2D eigenvalue weighted by atomic mass is 10.4. The maximum Gasteiger partial charge on any atom is 0.201 e. The second-order valence-corrected chi connectivity index (χ2v) is 2.52. The summed E-state index contributed by atoms with van der Waals surface area (Å²) in [6, 6.07) is 2.68. The van der Waals surface area contributed by atoms with Gasteiger partial charge in [-0.25, -0.2) is 10.2 Å². The molecule has 0 radical (unpaired) electrons. The number of aromatic nitrogens is 1. The second-order valence-electron chi connectivity index (χ2n) is 1.78. The van der Waals surface area contributed by atoms with Crippen molar-refractivity contribution in [3.63, 3.8) is 0 Å². The SMILES string of the molecule is [O-][NH+](O)c1ccc(Cl)nc1Cl. The third-order valence-electron chi connectivity index (χ3n) is 1.05. The maximum absolute atomic E-state index is 10.4. The van der Waals surface area contributed by atoms with Gasteiger partial charge in [-0.3, -0.25) is 0 Å². The number of rotatable bonds is 1. The Kier molecular flexibility index (Phi) is 2.64. The Morgan fingerprint density at radius 3 is 2.55 bits per heavy atom. The van der Waals surface area contributed by atoms with Crippen LogP contribution in [0.2, 0.25) is 10.3 Å². The van der Waals surface area contributed by atoms with Crippen LogP contribution >= 0.6 is 23.2 Å². The molecule has 1 aromatic rings. The minimum atomic E-state index is -1.11. The van der Waals surface area contributed by atoms with Gasteiger partial charge in [0.2, 0.25) is 5.69 Å². The Hall–Kier alpha value is -0.390. The minimum absolute atomic E-state index is 0.0453. The molecule has 0 aliphatic carbocycles. The van der Waals surface area contributed by atoms with E-state index in [-0.39, 0.29) is 16.0 Å². The van der Waals surface area contributed by atoms with Crippen molar-refractivity contribution in [3.05, 3.63) is 27.6 Å². The zero-order valence-corrected chi connectivity index (χ0v) is 6.73. The van der Waals surface area contributed by atoms with Crippen LogP contribution in [0.5, 0.6) is 0 Å². The lowest BCUT2D eigenvalue weighted by Crippen LogP contribution is -2.99. The summed E-state index contributed by atoms with van der Waals surface area (Å²) in [6.07, 6.45) is 0. The number of pyridine rings is 1. The van der Waals surface area contributed by atoms with Crippen molar-refractivity contribution in [2.75, 3.05) is 0 Å². The monoisotopic (exact) mass is 194 g/mol. The molecule has 1 aromatic heterocycles. The number of quaternary nitrogens is 1. The molecule has 60 valence electrons. The van der Waals surface area contributed by atoms with E-state index in [0.717, 1.165) is 0 Å². The molecule has 0 aliphatic heterocycles. The van der Waals surface area contributed by atoms with Gasteiger partial charge in [-0.2, -0.15) is 5.23 Å². The largest absolute Gasteiger partial charge is 0.595 e. The molecule has 0 saturated heterocycles. The maximum atomic E-state index is 10.4. The molecule has 6 heteroatoms. The van der Waals surface area contributed by atoms with Crippen LogP contribution in [0.15, 0.2) is 12.1 Å². The molecule has 0 aromatic carbocycles. The van der Waals surface area contributed by atoms with E-state index in [1.54, 1.807) is 0 Å². The van der Waals surface area contributed by atoms with Crippen LogP contribution in [-0.4, -0.2) is 10.2 Å². The van der Waals surface area contributed by atoms with E-state index in [1.807, 2.05) is 0 Å². The lowest BCUT2D eigenvalue weighted by molar-refractivity contribution is -0.991. The zero-order valence-electron chi connectivity index (χ0n) is 5.21. The molecule has 1 rings (SSSR count). The Labute approximate surface area is 72.5 Å². The zero-order chi connectivity index (χ0) is 8.43. The average molecular weight is 195 g/mol. The highest BCUT2D eigenvalue weighted by molar-refractivity contribution is 6.33. The summed E-state index contributed by atoms with van der Waals surface area (Å²) in [7, 11) is 0. The highest BCUT2D eigenvalue weighted by Crippen LogP contribution is 2.17. The number of nitrogens with one attached hydrogen (secondary N) is 1. The molecule has 0 spiro atoms. The van der Waals surface area contributed by atoms with Gasteiger partial charge in [0.1, 0.15) is 5.15 Å². The van der Waals surface area contributed by atoms with Crippen molar-refractivity contribution in [1.82, 2.24) is 4.98 Å². The Balaban J connectivity index is 3.09. The first-order valence-corrected chi connectivity index (χ1v) is 3.42. The molecule has 1 heterocycles. The summed E-state index contributed by atoms with van der Waals surface area (Å²) in [5, 5.41) is 17.8. The predicted octanol–water partition coefficient (Wildman–Crippen LogP) is 0.792. The number of hydrogen-bond donors (Lipinski definition) is 2. The molecule has 0 amide bonds. The van der Waals surface area contributed by atoms with Gasteiger partial charge in [0.05, 0.1) is 0 Å². The third-order valence-corrected chi connectivity index (χ3v) is 1.54. The van der Waals surface area contributed by atoms with Gasteiger partial charge < -0.3 is 5.21 Å². The van der Waals surface area contributed by atoms with Crippen LogP contribution in [0, 0.1) is 5.21 Å². The molecule has 0 saturated carbocycles. The fraction of sp³-hybridized carbons (Fsp3) is 0. The normalized spacial score (nSPS) is 13.1. The molecular formula is C5H4Cl2N2O2. The van der Waals surface area contributed by atoms with Crippen molar-refractivity contribution in [1.29, 1.82) is 0 Å². The summed E-state index contributed by atoms with van der Waals surface area (Å²) in [6.45, 7) is 0. The summed E-state index contributed by atoms with van der Waals surface area (Å²) in [5.41, 5.74) is -0.0453. The number of nitrogens with zero attached hydrogens (tertiary/aromatic N) is 1. The highest BCUT2D eigenvalue weighted by atomic mass is 35.5. The van der Waals surface area contributed by atoms with Gasteiger partial charge in [0.15, 0.2) is 5.15 Å². The van der Waals surface area contributed by atoms with Crippen molar-refractivity contribution >= 4 is 28.9 Å². The van der Waals surface area contributed by atoms with E-state index >= 15 is 0 Å². The highest BCUT2D eigenvalue weighted by Gasteiger charge is 2.07. The van der Waals surface area contributed by atoms with Crippen molar-refractivity contribution in [2.24, 2.45) is 0 Å². The van der Waals surface area contributed by atoms with E-state index in [4.69, 9.17) is 28.4 Å². The molecule has 1 atom stereocenters. The molecule has 0 bridgehead atoms. The van der Waals surface area contributed by atoms with Crippen LogP contribution in [0.3, 0.4) is 0 Å². The fourth-order valence-electron chi connectivity index (χ4n) is 0.572. The molecule has 0 fully saturated rings. The number of halogens is 2. The minimum Gasteiger partial charge on any atom is -0.595 e. The standard InChI is InChI=1S/C5H4Cl2N2O2/c6-4-2-1-3(9(10)11)5(7)8-4/h1-2,9-10H. The van der Waals surface area contributed by atoms with Gasteiger partial charge in [-0.15, -0.1) is 0 Å². The lowest BCUT2D eigenvalue weighted by Gasteiger charge is -2.11. The Morgan fingerprint density at radius 1 is 1.45 bits per heavy atom. The van der Waals surface area contributed by atoms with E-state index in [0.29, 0.717) is 0 Å².